The fraction of sp³-hybridized carbons (Fsp3) is 0.417. The molecule has 0 saturated carbocycles. The topological polar surface area (TPSA) is 49.8 Å². The van der Waals surface area contributed by atoms with Gasteiger partial charge in [0.05, 0.1) is 19.8 Å². The van der Waals surface area contributed by atoms with E-state index in [4.69, 9.17) is 4.74 Å². The zero-order valence-electron chi connectivity index (χ0n) is 9.52. The second kappa shape index (κ2) is 4.76. The maximum atomic E-state index is 12.3. The summed E-state index contributed by atoms with van der Waals surface area (Å²) in [5, 5.41) is 9.32. The number of carbonyl (C=O) groups is 1. The molecule has 0 bridgehead atoms. The summed E-state index contributed by atoms with van der Waals surface area (Å²) in [7, 11) is 1.71. The lowest BCUT2D eigenvalue weighted by Crippen LogP contribution is -2.56. The molecule has 1 saturated heterocycles. The van der Waals surface area contributed by atoms with Gasteiger partial charge in [-0.05, 0) is 18.2 Å². The molecule has 0 atom stereocenters. The lowest BCUT2D eigenvalue weighted by molar-refractivity contribution is -0.166. The van der Waals surface area contributed by atoms with Crippen LogP contribution in [0.25, 0.3) is 0 Å². The van der Waals surface area contributed by atoms with E-state index in [-0.39, 0.29) is 12.5 Å². The second-order valence-corrected chi connectivity index (χ2v) is 5.19. The van der Waals surface area contributed by atoms with Crippen molar-refractivity contribution in [2.24, 2.45) is 5.41 Å². The first-order chi connectivity index (χ1) is 8.09. The highest BCUT2D eigenvalue weighted by Crippen LogP contribution is 2.31. The lowest BCUT2D eigenvalue weighted by Gasteiger charge is -2.40. The minimum absolute atomic E-state index is 0.107. The highest BCUT2D eigenvalue weighted by molar-refractivity contribution is 9.10. The third kappa shape index (κ3) is 2.22. The van der Waals surface area contributed by atoms with Gasteiger partial charge in [-0.2, -0.15) is 0 Å². The van der Waals surface area contributed by atoms with E-state index in [2.05, 4.69) is 15.9 Å². The number of benzene rings is 1. The third-order valence-corrected chi connectivity index (χ3v) is 3.51. The molecule has 0 aliphatic carbocycles. The molecule has 1 fully saturated rings. The third-order valence-electron chi connectivity index (χ3n) is 3.01. The van der Waals surface area contributed by atoms with Crippen LogP contribution in [0.2, 0.25) is 0 Å². The van der Waals surface area contributed by atoms with E-state index >= 15 is 0 Å². The summed E-state index contributed by atoms with van der Waals surface area (Å²) in [5.41, 5.74) is 0.0426. The molecule has 1 aromatic carbocycles. The van der Waals surface area contributed by atoms with E-state index in [0.717, 1.165) is 10.2 Å². The van der Waals surface area contributed by atoms with E-state index in [1.165, 1.54) is 0 Å². The summed E-state index contributed by atoms with van der Waals surface area (Å²) in [6.45, 7) is 0.408. The van der Waals surface area contributed by atoms with Gasteiger partial charge < -0.3 is 14.7 Å². The Balaban J connectivity index is 2.20. The average Bonchev–Trinajstić information content (AvgIpc) is 2.27. The number of anilines is 1. The van der Waals surface area contributed by atoms with Crippen LogP contribution in [-0.4, -0.2) is 37.9 Å². The van der Waals surface area contributed by atoms with Crippen molar-refractivity contribution in [2.45, 2.75) is 0 Å². The van der Waals surface area contributed by atoms with Crippen LogP contribution >= 0.6 is 15.9 Å². The number of rotatable bonds is 3. The monoisotopic (exact) mass is 299 g/mol. The van der Waals surface area contributed by atoms with Crippen molar-refractivity contribution in [2.75, 3.05) is 31.8 Å². The Morgan fingerprint density at radius 2 is 2.29 bits per heavy atom. The largest absolute Gasteiger partial charge is 0.395 e. The van der Waals surface area contributed by atoms with E-state index < -0.39 is 5.41 Å². The summed E-state index contributed by atoms with van der Waals surface area (Å²) >= 11 is 3.37. The number of hydrogen-bond acceptors (Lipinski definition) is 3. The molecule has 2 rings (SSSR count). The highest BCUT2D eigenvalue weighted by atomic mass is 79.9. The molecule has 17 heavy (non-hydrogen) atoms. The predicted molar refractivity (Wildman–Crippen MR) is 67.9 cm³/mol. The number of halogens is 1. The van der Waals surface area contributed by atoms with E-state index in [1.807, 2.05) is 24.3 Å². The minimum Gasteiger partial charge on any atom is -0.395 e. The van der Waals surface area contributed by atoms with Gasteiger partial charge in [0.2, 0.25) is 5.91 Å². The number of nitrogens with zero attached hydrogens (tertiary/aromatic N) is 1. The van der Waals surface area contributed by atoms with Crippen LogP contribution in [0.15, 0.2) is 28.7 Å². The molecule has 0 aromatic heterocycles. The summed E-state index contributed by atoms with van der Waals surface area (Å²) < 4.78 is 5.96. The molecule has 4 nitrogen and oxygen atoms in total. The SMILES string of the molecule is CN(C(=O)C1(CO)COC1)c1cccc(Br)c1. The van der Waals surface area contributed by atoms with Crippen molar-refractivity contribution in [3.05, 3.63) is 28.7 Å². The Morgan fingerprint density at radius 3 is 2.76 bits per heavy atom. The highest BCUT2D eigenvalue weighted by Gasteiger charge is 2.47. The maximum Gasteiger partial charge on any atom is 0.239 e. The molecule has 0 unspecified atom stereocenters. The van der Waals surface area contributed by atoms with Crippen molar-refractivity contribution in [3.8, 4) is 0 Å². The molecule has 92 valence electrons. The number of aliphatic hydroxyl groups is 1. The number of amides is 1. The predicted octanol–water partition coefficient (Wildman–Crippen LogP) is 1.42. The van der Waals surface area contributed by atoms with Gasteiger partial charge in [-0.1, -0.05) is 22.0 Å². The van der Waals surface area contributed by atoms with Gasteiger partial charge in [-0.25, -0.2) is 0 Å². The quantitative estimate of drug-likeness (QED) is 0.918. The van der Waals surface area contributed by atoms with Gasteiger partial charge in [-0.3, -0.25) is 4.79 Å². The molecule has 0 spiro atoms. The van der Waals surface area contributed by atoms with Crippen LogP contribution in [0.3, 0.4) is 0 Å². The Bertz CT molecular complexity index is 426. The van der Waals surface area contributed by atoms with E-state index in [9.17, 15) is 9.90 Å². The number of ether oxygens (including phenoxy) is 1. The van der Waals surface area contributed by atoms with Crippen LogP contribution in [-0.2, 0) is 9.53 Å². The zero-order chi connectivity index (χ0) is 12.5. The molecule has 1 amide bonds. The van der Waals surface area contributed by atoms with Crippen LogP contribution in [0, 0.1) is 5.41 Å². The first kappa shape index (κ1) is 12.5. The van der Waals surface area contributed by atoms with Crippen molar-refractivity contribution < 1.29 is 14.6 Å². The Morgan fingerprint density at radius 1 is 1.59 bits per heavy atom. The fourth-order valence-corrected chi connectivity index (χ4v) is 2.18. The first-order valence-electron chi connectivity index (χ1n) is 5.31. The molecule has 1 aromatic rings. The smallest absolute Gasteiger partial charge is 0.239 e. The standard InChI is InChI=1S/C12H14BrNO3/c1-14(10-4-2-3-9(13)5-10)11(16)12(6-15)7-17-8-12/h2-5,15H,6-8H2,1H3. The Labute approximate surface area is 108 Å². The minimum atomic E-state index is -0.753. The van der Waals surface area contributed by atoms with E-state index in [0.29, 0.717) is 13.2 Å². The Hall–Kier alpha value is -0.910. The van der Waals surface area contributed by atoms with Crippen molar-refractivity contribution in [3.63, 3.8) is 0 Å². The van der Waals surface area contributed by atoms with Crippen LogP contribution in [0.5, 0.6) is 0 Å². The number of carbonyl (C=O) groups excluding carboxylic acids is 1. The van der Waals surface area contributed by atoms with Crippen LogP contribution < -0.4 is 4.90 Å². The molecule has 0 radical (unpaired) electrons. The van der Waals surface area contributed by atoms with E-state index in [1.54, 1.807) is 11.9 Å². The normalized spacial score (nSPS) is 17.4. The zero-order valence-corrected chi connectivity index (χ0v) is 11.1. The van der Waals surface area contributed by atoms with Crippen LogP contribution in [0.1, 0.15) is 0 Å². The molecule has 1 N–H and O–H groups in total. The summed E-state index contributed by atoms with van der Waals surface area (Å²) in [6, 6.07) is 7.48. The molecular weight excluding hydrogens is 286 g/mol. The van der Waals surface area contributed by atoms with Gasteiger partial charge in [0.25, 0.3) is 0 Å². The van der Waals surface area contributed by atoms with Gasteiger partial charge in [-0.15, -0.1) is 0 Å². The van der Waals surface area contributed by atoms with Crippen LogP contribution in [0.4, 0.5) is 5.69 Å². The summed E-state index contributed by atoms with van der Waals surface area (Å²) in [5.74, 6) is -0.107. The Kier molecular flexibility index (Phi) is 3.51. The summed E-state index contributed by atoms with van der Waals surface area (Å²) in [6.07, 6.45) is 0. The average molecular weight is 300 g/mol. The van der Waals surface area contributed by atoms with Gasteiger partial charge in [0.1, 0.15) is 5.41 Å². The molecule has 5 heteroatoms. The number of aliphatic hydroxyl groups excluding tert-OH is 1. The second-order valence-electron chi connectivity index (χ2n) is 4.28. The maximum absolute atomic E-state index is 12.3. The lowest BCUT2D eigenvalue weighted by atomic mass is 9.85. The van der Waals surface area contributed by atoms with Crippen molar-refractivity contribution >= 4 is 27.5 Å². The molecular formula is C12H14BrNO3. The van der Waals surface area contributed by atoms with Gasteiger partial charge >= 0.3 is 0 Å². The van der Waals surface area contributed by atoms with Gasteiger partial charge in [0, 0.05) is 17.2 Å². The molecule has 1 heterocycles. The summed E-state index contributed by atoms with van der Waals surface area (Å²) in [4.78, 5) is 13.8. The first-order valence-corrected chi connectivity index (χ1v) is 6.11. The van der Waals surface area contributed by atoms with Crippen molar-refractivity contribution in [1.29, 1.82) is 0 Å². The van der Waals surface area contributed by atoms with Crippen molar-refractivity contribution in [1.82, 2.24) is 0 Å². The molecule has 1 aliphatic rings. The van der Waals surface area contributed by atoms with Gasteiger partial charge in [0.15, 0.2) is 0 Å². The molecule has 1 aliphatic heterocycles. The number of hydrogen-bond donors (Lipinski definition) is 1. The fourth-order valence-electron chi connectivity index (χ4n) is 1.79.